The van der Waals surface area contributed by atoms with Gasteiger partial charge in [-0.25, -0.2) is 0 Å². The molecule has 0 saturated carbocycles. The van der Waals surface area contributed by atoms with Gasteiger partial charge >= 0.3 is 0 Å². The van der Waals surface area contributed by atoms with Crippen LogP contribution in [0, 0.1) is 5.92 Å². The van der Waals surface area contributed by atoms with Crippen molar-refractivity contribution in [2.24, 2.45) is 5.92 Å². The van der Waals surface area contributed by atoms with Gasteiger partial charge in [-0.2, -0.15) is 0 Å². The first kappa shape index (κ1) is 16.1. The van der Waals surface area contributed by atoms with Crippen LogP contribution in [0.3, 0.4) is 0 Å². The number of rotatable bonds is 6. The largest absolute Gasteiger partial charge is 0.486 e. The third-order valence-electron chi connectivity index (χ3n) is 3.82. The van der Waals surface area contributed by atoms with E-state index in [4.69, 9.17) is 9.47 Å². The lowest BCUT2D eigenvalue weighted by atomic mass is 9.99. The van der Waals surface area contributed by atoms with Gasteiger partial charge < -0.3 is 14.8 Å². The van der Waals surface area contributed by atoms with E-state index in [2.05, 4.69) is 35.1 Å². The van der Waals surface area contributed by atoms with E-state index in [9.17, 15) is 4.79 Å². The smallest absolute Gasteiger partial charge is 0.251 e. The summed E-state index contributed by atoms with van der Waals surface area (Å²) in [6, 6.07) is 5.29. The summed E-state index contributed by atoms with van der Waals surface area (Å²) in [5.74, 6) is 1.84. The van der Waals surface area contributed by atoms with Gasteiger partial charge in [0.15, 0.2) is 11.5 Å². The molecule has 116 valence electrons. The molecule has 1 unspecified atom stereocenters. The Morgan fingerprint density at radius 2 is 1.90 bits per heavy atom. The third-order valence-corrected chi connectivity index (χ3v) is 4.89. The topological polar surface area (TPSA) is 47.6 Å². The number of ether oxygens (including phenoxy) is 2. The fourth-order valence-electron chi connectivity index (χ4n) is 2.44. The first-order valence-electron chi connectivity index (χ1n) is 7.47. The Morgan fingerprint density at radius 1 is 1.24 bits per heavy atom. The molecule has 4 nitrogen and oxygen atoms in total. The summed E-state index contributed by atoms with van der Waals surface area (Å²) < 4.78 is 11.0. The highest BCUT2D eigenvalue weighted by Gasteiger charge is 2.18. The van der Waals surface area contributed by atoms with Crippen molar-refractivity contribution in [2.75, 3.05) is 19.8 Å². The van der Waals surface area contributed by atoms with E-state index in [1.807, 2.05) is 0 Å². The Bertz CT molecular complexity index is 488. The molecule has 0 spiro atoms. The summed E-state index contributed by atoms with van der Waals surface area (Å²) in [7, 11) is 0. The molecule has 0 bridgehead atoms. The van der Waals surface area contributed by atoms with Crippen LogP contribution in [0.15, 0.2) is 18.2 Å². The molecule has 0 aliphatic carbocycles. The van der Waals surface area contributed by atoms with E-state index in [0.29, 0.717) is 47.6 Å². The number of hydrogen-bond acceptors (Lipinski definition) is 3. The molecule has 2 rings (SSSR count). The van der Waals surface area contributed by atoms with Crippen LogP contribution in [0.4, 0.5) is 0 Å². The van der Waals surface area contributed by atoms with Crippen LogP contribution in [0.2, 0.25) is 0 Å². The maximum atomic E-state index is 12.2. The van der Waals surface area contributed by atoms with Crippen molar-refractivity contribution < 1.29 is 14.3 Å². The fourth-order valence-corrected chi connectivity index (χ4v) is 3.35. The minimum atomic E-state index is -0.0811. The number of carbonyl (C=O) groups is 1. The van der Waals surface area contributed by atoms with Gasteiger partial charge in [-0.1, -0.05) is 42.6 Å². The van der Waals surface area contributed by atoms with Gasteiger partial charge in [0.25, 0.3) is 5.91 Å². The van der Waals surface area contributed by atoms with Crippen LogP contribution < -0.4 is 14.8 Å². The molecular weight excluding hydrogens is 334 g/mol. The van der Waals surface area contributed by atoms with Crippen LogP contribution in [-0.4, -0.2) is 30.5 Å². The van der Waals surface area contributed by atoms with Gasteiger partial charge in [-0.15, -0.1) is 0 Å². The molecule has 1 atom stereocenters. The summed E-state index contributed by atoms with van der Waals surface area (Å²) >= 11 is 3.67. The van der Waals surface area contributed by atoms with Crippen LogP contribution in [-0.2, 0) is 0 Å². The van der Waals surface area contributed by atoms with Gasteiger partial charge in [0, 0.05) is 16.9 Å². The van der Waals surface area contributed by atoms with E-state index >= 15 is 0 Å². The predicted molar refractivity (Wildman–Crippen MR) is 86.6 cm³/mol. The molecule has 0 saturated heterocycles. The molecule has 0 fully saturated rings. The molecule has 1 aliphatic heterocycles. The second-order valence-corrected chi connectivity index (χ2v) is 6.34. The Kier molecular flexibility index (Phi) is 5.91. The number of nitrogens with one attached hydrogen (secondary N) is 1. The number of fused-ring (bicyclic) bond motifs is 1. The van der Waals surface area contributed by atoms with Crippen molar-refractivity contribution in [2.45, 2.75) is 31.5 Å². The van der Waals surface area contributed by atoms with Crippen molar-refractivity contribution in [1.29, 1.82) is 0 Å². The first-order chi connectivity index (χ1) is 10.2. The highest BCUT2D eigenvalue weighted by atomic mass is 79.9. The monoisotopic (exact) mass is 355 g/mol. The summed E-state index contributed by atoms with van der Waals surface area (Å²) in [5, 5.41) is 2.97. The van der Waals surface area contributed by atoms with E-state index in [0.717, 1.165) is 12.8 Å². The lowest BCUT2D eigenvalue weighted by Gasteiger charge is -2.21. The lowest BCUT2D eigenvalue weighted by Crippen LogP contribution is -2.33. The zero-order chi connectivity index (χ0) is 15.2. The molecule has 0 radical (unpaired) electrons. The third kappa shape index (κ3) is 4.13. The summed E-state index contributed by atoms with van der Waals surface area (Å²) in [5.41, 5.74) is 0.600. The number of carbonyl (C=O) groups excluding carboxylic acids is 1. The second kappa shape index (κ2) is 7.69. The molecule has 0 aromatic heterocycles. The van der Waals surface area contributed by atoms with E-state index in [1.165, 1.54) is 0 Å². The average Bonchev–Trinajstić information content (AvgIpc) is 2.53. The maximum Gasteiger partial charge on any atom is 0.251 e. The molecule has 1 aliphatic rings. The SMILES string of the molecule is CCC(CC)C(Br)CNC(=O)c1ccc2c(c1)OCCO2. The van der Waals surface area contributed by atoms with Crippen LogP contribution in [0.1, 0.15) is 37.0 Å². The molecule has 5 heteroatoms. The van der Waals surface area contributed by atoms with Crippen molar-refractivity contribution >= 4 is 21.8 Å². The summed E-state index contributed by atoms with van der Waals surface area (Å²) in [6.45, 7) is 6.05. The van der Waals surface area contributed by atoms with Crippen LogP contribution >= 0.6 is 15.9 Å². The zero-order valence-electron chi connectivity index (χ0n) is 12.5. The van der Waals surface area contributed by atoms with Gasteiger partial charge in [-0.05, 0) is 24.1 Å². The van der Waals surface area contributed by atoms with E-state index in [1.54, 1.807) is 18.2 Å². The van der Waals surface area contributed by atoms with E-state index < -0.39 is 0 Å². The minimum Gasteiger partial charge on any atom is -0.486 e. The standard InChI is InChI=1S/C16H22BrNO3/c1-3-11(4-2)13(17)10-18-16(19)12-5-6-14-15(9-12)21-8-7-20-14/h5-6,9,11,13H,3-4,7-8,10H2,1-2H3,(H,18,19). The lowest BCUT2D eigenvalue weighted by molar-refractivity contribution is 0.0951. The summed E-state index contributed by atoms with van der Waals surface area (Å²) in [4.78, 5) is 12.5. The van der Waals surface area contributed by atoms with Crippen LogP contribution in [0.25, 0.3) is 0 Å². The number of benzene rings is 1. The highest BCUT2D eigenvalue weighted by molar-refractivity contribution is 9.09. The van der Waals surface area contributed by atoms with Gasteiger partial charge in [0.1, 0.15) is 13.2 Å². The quantitative estimate of drug-likeness (QED) is 0.795. The molecule has 21 heavy (non-hydrogen) atoms. The predicted octanol–water partition coefficient (Wildman–Crippen LogP) is 3.39. The number of halogens is 1. The molecule has 1 amide bonds. The molecule has 1 N–H and O–H groups in total. The number of amides is 1. The molecular formula is C16H22BrNO3. The Balaban J connectivity index is 1.94. The highest BCUT2D eigenvalue weighted by Crippen LogP contribution is 2.30. The Labute approximate surface area is 134 Å². The second-order valence-electron chi connectivity index (χ2n) is 5.16. The normalized spacial score (nSPS) is 14.9. The maximum absolute atomic E-state index is 12.2. The molecule has 1 aromatic carbocycles. The van der Waals surface area contributed by atoms with Gasteiger partial charge in [0.2, 0.25) is 0 Å². The molecule has 1 aromatic rings. The number of alkyl halides is 1. The van der Waals surface area contributed by atoms with Crippen molar-refractivity contribution in [1.82, 2.24) is 5.32 Å². The fraction of sp³-hybridized carbons (Fsp3) is 0.562. The Hall–Kier alpha value is -1.23. The minimum absolute atomic E-state index is 0.0811. The summed E-state index contributed by atoms with van der Waals surface area (Å²) in [6.07, 6.45) is 2.21. The van der Waals surface area contributed by atoms with Crippen molar-refractivity contribution in [3.8, 4) is 11.5 Å². The zero-order valence-corrected chi connectivity index (χ0v) is 14.1. The number of hydrogen-bond donors (Lipinski definition) is 1. The first-order valence-corrected chi connectivity index (χ1v) is 8.39. The van der Waals surface area contributed by atoms with E-state index in [-0.39, 0.29) is 5.91 Å². The van der Waals surface area contributed by atoms with Crippen molar-refractivity contribution in [3.63, 3.8) is 0 Å². The van der Waals surface area contributed by atoms with Gasteiger partial charge in [0.05, 0.1) is 0 Å². The van der Waals surface area contributed by atoms with Gasteiger partial charge in [-0.3, -0.25) is 4.79 Å². The van der Waals surface area contributed by atoms with Crippen LogP contribution in [0.5, 0.6) is 11.5 Å². The van der Waals surface area contributed by atoms with Crippen molar-refractivity contribution in [3.05, 3.63) is 23.8 Å². The average molecular weight is 356 g/mol. The Morgan fingerprint density at radius 3 is 2.57 bits per heavy atom. The molecule has 1 heterocycles.